The van der Waals surface area contributed by atoms with Gasteiger partial charge in [-0.2, -0.15) is 10.5 Å². The summed E-state index contributed by atoms with van der Waals surface area (Å²) in [5, 5.41) is 20.7. The van der Waals surface area contributed by atoms with E-state index < -0.39 is 0 Å². The zero-order chi connectivity index (χ0) is 29.8. The van der Waals surface area contributed by atoms with Crippen LogP contribution in [0.5, 0.6) is 11.5 Å². The van der Waals surface area contributed by atoms with Gasteiger partial charge in [0, 0.05) is 15.5 Å². The van der Waals surface area contributed by atoms with Crippen LogP contribution in [0.25, 0.3) is 0 Å². The van der Waals surface area contributed by atoms with E-state index in [1.807, 2.05) is 24.3 Å². The Morgan fingerprint density at radius 1 is 0.780 bits per heavy atom. The van der Waals surface area contributed by atoms with Gasteiger partial charge in [0.2, 0.25) is 0 Å². The van der Waals surface area contributed by atoms with Gasteiger partial charge < -0.3 is 15.2 Å². The maximum absolute atomic E-state index is 10.3. The summed E-state index contributed by atoms with van der Waals surface area (Å²) in [5.41, 5.74) is 8.72. The van der Waals surface area contributed by atoms with Gasteiger partial charge in [-0.1, -0.05) is 88.8 Å². The van der Waals surface area contributed by atoms with Crippen LogP contribution in [-0.4, -0.2) is 13.2 Å². The average molecular weight is 588 g/mol. The minimum atomic E-state index is 0.201. The molecule has 0 fully saturated rings. The van der Waals surface area contributed by atoms with Crippen LogP contribution in [0.2, 0.25) is 0 Å². The first kappa shape index (κ1) is 32.3. The van der Waals surface area contributed by atoms with Crippen molar-refractivity contribution in [1.82, 2.24) is 0 Å². The van der Waals surface area contributed by atoms with Gasteiger partial charge in [-0.25, -0.2) is 0 Å². The van der Waals surface area contributed by atoms with Crippen molar-refractivity contribution in [2.45, 2.75) is 86.3 Å². The highest BCUT2D eigenvalue weighted by atomic mass is 32.2. The SMILES string of the molecule is CCCCc1ccc(Sc2c(OCCC(C)C)c(C#N)c(C#N)c(OCCC(C)C)c2Sc2ccccc2N)cc1. The molecule has 3 rings (SSSR count). The first-order valence-corrected chi connectivity index (χ1v) is 16.0. The maximum Gasteiger partial charge on any atom is 0.153 e. The fourth-order valence-electron chi connectivity index (χ4n) is 4.03. The molecule has 2 N–H and O–H groups in total. The molecule has 0 atom stereocenters. The molecule has 0 aliphatic carbocycles. The number of hydrogen-bond donors (Lipinski definition) is 1. The molecule has 0 heterocycles. The predicted molar refractivity (Wildman–Crippen MR) is 170 cm³/mol. The molecule has 0 unspecified atom stereocenters. The topological polar surface area (TPSA) is 92.1 Å². The zero-order valence-corrected chi connectivity index (χ0v) is 26.5. The summed E-state index contributed by atoms with van der Waals surface area (Å²) in [6.07, 6.45) is 4.99. The number of ether oxygens (including phenoxy) is 2. The van der Waals surface area contributed by atoms with Crippen molar-refractivity contribution < 1.29 is 9.47 Å². The van der Waals surface area contributed by atoms with Crippen LogP contribution in [0.3, 0.4) is 0 Å². The third kappa shape index (κ3) is 9.12. The lowest BCUT2D eigenvalue weighted by molar-refractivity contribution is 0.269. The molecule has 0 radical (unpaired) electrons. The highest BCUT2D eigenvalue weighted by molar-refractivity contribution is 8.02. The number of nitrogens with zero attached hydrogens (tertiary/aromatic N) is 2. The third-order valence-corrected chi connectivity index (χ3v) is 8.94. The first-order valence-electron chi connectivity index (χ1n) is 14.4. The van der Waals surface area contributed by atoms with Crippen molar-refractivity contribution in [3.05, 3.63) is 65.2 Å². The van der Waals surface area contributed by atoms with Crippen LogP contribution in [0.15, 0.2) is 68.1 Å². The molecular formula is C34H41N3O2S2. The molecule has 0 saturated heterocycles. The van der Waals surface area contributed by atoms with Crippen LogP contribution in [0.4, 0.5) is 5.69 Å². The van der Waals surface area contributed by atoms with Crippen molar-refractivity contribution in [1.29, 1.82) is 10.5 Å². The highest BCUT2D eigenvalue weighted by Gasteiger charge is 2.29. The second-order valence-corrected chi connectivity index (χ2v) is 13.0. The van der Waals surface area contributed by atoms with E-state index in [-0.39, 0.29) is 11.1 Å². The van der Waals surface area contributed by atoms with E-state index >= 15 is 0 Å². The highest BCUT2D eigenvalue weighted by Crippen LogP contribution is 2.53. The smallest absolute Gasteiger partial charge is 0.153 e. The lowest BCUT2D eigenvalue weighted by Crippen LogP contribution is -2.09. The Hall–Kier alpha value is -3.26. The van der Waals surface area contributed by atoms with Gasteiger partial charge in [0.15, 0.2) is 11.5 Å². The number of nitrogens with two attached hydrogens (primary N) is 1. The largest absolute Gasteiger partial charge is 0.491 e. The van der Waals surface area contributed by atoms with Gasteiger partial charge in [-0.05, 0) is 67.3 Å². The number of hydrogen-bond acceptors (Lipinski definition) is 7. The fraction of sp³-hybridized carbons (Fsp3) is 0.412. The standard InChI is InChI=1S/C34H41N3O2S2/c1-6-7-10-25-13-15-26(16-14-25)40-33-31(38-19-17-23(2)3)27(21-35)28(22-36)32(39-20-18-24(4)5)34(33)41-30-12-9-8-11-29(30)37/h8-9,11-16,23-24H,6-7,10,17-20,37H2,1-5H3. The zero-order valence-electron chi connectivity index (χ0n) is 24.8. The lowest BCUT2D eigenvalue weighted by atomic mass is 10.1. The van der Waals surface area contributed by atoms with E-state index in [1.165, 1.54) is 29.1 Å². The van der Waals surface area contributed by atoms with E-state index in [2.05, 4.69) is 71.0 Å². The minimum Gasteiger partial charge on any atom is -0.491 e. The molecule has 0 saturated carbocycles. The summed E-state index contributed by atoms with van der Waals surface area (Å²) in [6, 6.07) is 20.8. The Bertz CT molecular complexity index is 1370. The van der Waals surface area contributed by atoms with E-state index in [0.717, 1.165) is 51.7 Å². The molecule has 41 heavy (non-hydrogen) atoms. The predicted octanol–water partition coefficient (Wildman–Crippen LogP) is 9.51. The first-order chi connectivity index (χ1) is 19.8. The summed E-state index contributed by atoms with van der Waals surface area (Å²) in [7, 11) is 0. The Labute approximate surface area is 254 Å². The van der Waals surface area contributed by atoms with Crippen LogP contribution in [0, 0.1) is 34.5 Å². The quantitative estimate of drug-likeness (QED) is 0.177. The molecule has 216 valence electrons. The summed E-state index contributed by atoms with van der Waals surface area (Å²) in [5.74, 6) is 1.70. The summed E-state index contributed by atoms with van der Waals surface area (Å²) in [6.45, 7) is 11.6. The van der Waals surface area contributed by atoms with Crippen molar-refractivity contribution in [3.8, 4) is 23.6 Å². The number of benzene rings is 3. The average Bonchev–Trinajstić information content (AvgIpc) is 2.95. The third-order valence-electron chi connectivity index (χ3n) is 6.52. The second kappa shape index (κ2) is 16.2. The number of anilines is 1. The van der Waals surface area contributed by atoms with Crippen molar-refractivity contribution in [2.24, 2.45) is 11.8 Å². The number of unbranched alkanes of at least 4 members (excludes halogenated alkanes) is 1. The molecular weight excluding hydrogens is 547 g/mol. The number of aryl methyl sites for hydroxylation is 1. The van der Waals surface area contributed by atoms with E-state index in [9.17, 15) is 10.5 Å². The number of nitrogen functional groups attached to an aromatic ring is 1. The Morgan fingerprint density at radius 3 is 1.80 bits per heavy atom. The summed E-state index contributed by atoms with van der Waals surface area (Å²) in [4.78, 5) is 3.36. The molecule has 3 aromatic carbocycles. The molecule has 7 heteroatoms. The van der Waals surface area contributed by atoms with Gasteiger partial charge in [-0.15, -0.1) is 0 Å². The molecule has 0 amide bonds. The van der Waals surface area contributed by atoms with Crippen LogP contribution >= 0.6 is 23.5 Å². The van der Waals surface area contributed by atoms with E-state index in [1.54, 1.807) is 0 Å². The minimum absolute atomic E-state index is 0.201. The summed E-state index contributed by atoms with van der Waals surface area (Å²) >= 11 is 2.98. The monoisotopic (exact) mass is 587 g/mol. The Balaban J connectivity index is 2.24. The van der Waals surface area contributed by atoms with Gasteiger partial charge >= 0.3 is 0 Å². The molecule has 0 aliphatic heterocycles. The van der Waals surface area contributed by atoms with Gasteiger partial charge in [0.25, 0.3) is 0 Å². The molecule has 0 bridgehead atoms. The number of para-hydroxylation sites is 1. The van der Waals surface area contributed by atoms with E-state index in [0.29, 0.717) is 42.2 Å². The number of nitriles is 2. The fourth-order valence-corrected chi connectivity index (χ4v) is 6.22. The van der Waals surface area contributed by atoms with Gasteiger partial charge in [-0.3, -0.25) is 0 Å². The van der Waals surface area contributed by atoms with Gasteiger partial charge in [0.05, 0.1) is 23.0 Å². The lowest BCUT2D eigenvalue weighted by Gasteiger charge is -2.22. The van der Waals surface area contributed by atoms with Crippen LogP contribution in [0.1, 0.15) is 77.0 Å². The normalized spacial score (nSPS) is 11.0. The maximum atomic E-state index is 10.3. The van der Waals surface area contributed by atoms with E-state index in [4.69, 9.17) is 15.2 Å². The van der Waals surface area contributed by atoms with Crippen molar-refractivity contribution in [3.63, 3.8) is 0 Å². The molecule has 3 aromatic rings. The van der Waals surface area contributed by atoms with Crippen molar-refractivity contribution in [2.75, 3.05) is 18.9 Å². The number of rotatable bonds is 15. The Morgan fingerprint density at radius 2 is 1.32 bits per heavy atom. The second-order valence-electron chi connectivity index (χ2n) is 10.8. The van der Waals surface area contributed by atoms with Crippen molar-refractivity contribution >= 4 is 29.2 Å². The molecule has 0 aromatic heterocycles. The van der Waals surface area contributed by atoms with Crippen LogP contribution < -0.4 is 15.2 Å². The Kier molecular flexibility index (Phi) is 12.8. The van der Waals surface area contributed by atoms with Crippen LogP contribution in [-0.2, 0) is 6.42 Å². The summed E-state index contributed by atoms with van der Waals surface area (Å²) < 4.78 is 12.7. The molecule has 5 nitrogen and oxygen atoms in total. The molecule has 0 aliphatic rings. The molecule has 0 spiro atoms. The van der Waals surface area contributed by atoms with Gasteiger partial charge in [0.1, 0.15) is 23.3 Å².